The molecule has 104 valence electrons. The molecule has 2 rings (SSSR count). The summed E-state index contributed by atoms with van der Waals surface area (Å²) in [6, 6.07) is 4.50. The smallest absolute Gasteiger partial charge is 0.253 e. The Labute approximate surface area is 112 Å². The van der Waals surface area contributed by atoms with Gasteiger partial charge in [-0.05, 0) is 32.4 Å². The predicted molar refractivity (Wildman–Crippen MR) is 71.8 cm³/mol. The Balaban J connectivity index is 2.16. The highest BCUT2D eigenvalue weighted by molar-refractivity contribution is 5.99. The van der Waals surface area contributed by atoms with Crippen LogP contribution in [0.25, 0.3) is 0 Å². The van der Waals surface area contributed by atoms with E-state index in [9.17, 15) is 9.18 Å². The molecule has 19 heavy (non-hydrogen) atoms. The second-order valence-electron chi connectivity index (χ2n) is 4.64. The van der Waals surface area contributed by atoms with Crippen LogP contribution in [-0.2, 0) is 4.74 Å². The second kappa shape index (κ2) is 6.02. The minimum Gasteiger partial charge on any atom is -0.382 e. The topological polar surface area (TPSA) is 50.4 Å². The van der Waals surface area contributed by atoms with Crippen LogP contribution >= 0.6 is 0 Å². The molecule has 1 aliphatic heterocycles. The summed E-state index contributed by atoms with van der Waals surface area (Å²) >= 11 is 0. The molecule has 1 aromatic carbocycles. The monoisotopic (exact) mass is 266 g/mol. The van der Waals surface area contributed by atoms with Crippen molar-refractivity contribution in [2.75, 3.05) is 18.5 Å². The van der Waals surface area contributed by atoms with Gasteiger partial charge in [0.25, 0.3) is 5.91 Å². The summed E-state index contributed by atoms with van der Waals surface area (Å²) in [4.78, 5) is 12.2. The number of carbonyl (C=O) groups is 1. The van der Waals surface area contributed by atoms with Gasteiger partial charge in [0.1, 0.15) is 5.82 Å². The molecular formula is C14H19FN2O2. The number of amides is 1. The molecule has 1 amide bonds. The predicted octanol–water partition coefficient (Wildman–Crippen LogP) is 2.16. The first-order chi connectivity index (χ1) is 9.13. The van der Waals surface area contributed by atoms with Crippen LogP contribution in [0.5, 0.6) is 0 Å². The zero-order valence-corrected chi connectivity index (χ0v) is 11.2. The van der Waals surface area contributed by atoms with Gasteiger partial charge in [0.15, 0.2) is 0 Å². The van der Waals surface area contributed by atoms with Crippen molar-refractivity contribution >= 4 is 11.6 Å². The number of hydrogen-bond donors (Lipinski definition) is 2. The number of rotatable bonds is 4. The van der Waals surface area contributed by atoms with Gasteiger partial charge >= 0.3 is 0 Å². The Bertz CT molecular complexity index is 465. The third kappa shape index (κ3) is 3.04. The fourth-order valence-electron chi connectivity index (χ4n) is 2.24. The zero-order chi connectivity index (χ0) is 13.8. The van der Waals surface area contributed by atoms with Crippen molar-refractivity contribution in [3.05, 3.63) is 29.6 Å². The number of anilines is 1. The number of para-hydroxylation sites is 1. The lowest BCUT2D eigenvalue weighted by molar-refractivity contribution is 0.0866. The summed E-state index contributed by atoms with van der Waals surface area (Å²) in [5.74, 6) is -0.678. The lowest BCUT2D eigenvalue weighted by Crippen LogP contribution is -2.39. The number of nitrogens with one attached hydrogen (secondary N) is 2. The summed E-state index contributed by atoms with van der Waals surface area (Å²) < 4.78 is 19.1. The van der Waals surface area contributed by atoms with Crippen molar-refractivity contribution < 1.29 is 13.9 Å². The van der Waals surface area contributed by atoms with Crippen molar-refractivity contribution in [2.45, 2.75) is 32.4 Å². The van der Waals surface area contributed by atoms with E-state index in [0.29, 0.717) is 18.7 Å². The van der Waals surface area contributed by atoms with Gasteiger partial charge in [0.05, 0.1) is 23.4 Å². The number of carbonyl (C=O) groups excluding carboxylic acids is 1. The maximum absolute atomic E-state index is 13.7. The molecule has 0 aliphatic carbocycles. The first kappa shape index (κ1) is 13.8. The summed E-state index contributed by atoms with van der Waals surface area (Å²) in [5, 5.41) is 5.79. The molecule has 1 aromatic rings. The Morgan fingerprint density at radius 1 is 1.53 bits per heavy atom. The quantitative estimate of drug-likeness (QED) is 0.878. The molecule has 2 atom stereocenters. The number of halogens is 1. The summed E-state index contributed by atoms with van der Waals surface area (Å²) in [5.41, 5.74) is 0.593. The second-order valence-corrected chi connectivity index (χ2v) is 4.64. The van der Waals surface area contributed by atoms with E-state index in [2.05, 4.69) is 10.6 Å². The third-order valence-corrected chi connectivity index (χ3v) is 3.30. The Morgan fingerprint density at radius 3 is 2.95 bits per heavy atom. The van der Waals surface area contributed by atoms with Gasteiger partial charge in [-0.2, -0.15) is 0 Å². The summed E-state index contributed by atoms with van der Waals surface area (Å²) in [6.45, 7) is 5.00. The van der Waals surface area contributed by atoms with Gasteiger partial charge in [-0.25, -0.2) is 4.39 Å². The van der Waals surface area contributed by atoms with Gasteiger partial charge in [-0.3, -0.25) is 4.79 Å². The average molecular weight is 266 g/mol. The lowest BCUT2D eigenvalue weighted by Gasteiger charge is -2.18. The normalized spacial score (nSPS) is 22.3. The molecule has 0 radical (unpaired) electrons. The van der Waals surface area contributed by atoms with E-state index in [4.69, 9.17) is 4.74 Å². The average Bonchev–Trinajstić information content (AvgIpc) is 2.78. The van der Waals surface area contributed by atoms with Crippen molar-refractivity contribution in [1.29, 1.82) is 0 Å². The van der Waals surface area contributed by atoms with E-state index in [1.165, 1.54) is 6.07 Å². The van der Waals surface area contributed by atoms with Crippen LogP contribution in [0.15, 0.2) is 18.2 Å². The van der Waals surface area contributed by atoms with E-state index in [-0.39, 0.29) is 23.7 Å². The van der Waals surface area contributed by atoms with Gasteiger partial charge < -0.3 is 15.4 Å². The molecule has 1 aliphatic rings. The van der Waals surface area contributed by atoms with E-state index in [1.807, 2.05) is 13.8 Å². The summed E-state index contributed by atoms with van der Waals surface area (Å²) in [6.07, 6.45) is 0.791. The van der Waals surface area contributed by atoms with Gasteiger partial charge in [-0.15, -0.1) is 0 Å². The molecule has 5 heteroatoms. The molecule has 0 bridgehead atoms. The first-order valence-corrected chi connectivity index (χ1v) is 6.58. The van der Waals surface area contributed by atoms with Crippen LogP contribution in [0, 0.1) is 5.82 Å². The SMILES string of the molecule is CCNc1c(F)cccc1C(=O)NC1CCOC1C. The number of hydrogen-bond acceptors (Lipinski definition) is 3. The molecular weight excluding hydrogens is 247 g/mol. The minimum atomic E-state index is -0.412. The molecule has 4 nitrogen and oxygen atoms in total. The maximum atomic E-state index is 13.7. The molecule has 0 aromatic heterocycles. The van der Waals surface area contributed by atoms with Gasteiger partial charge in [0.2, 0.25) is 0 Å². The minimum absolute atomic E-state index is 0.0000866. The zero-order valence-electron chi connectivity index (χ0n) is 11.2. The first-order valence-electron chi connectivity index (χ1n) is 6.58. The van der Waals surface area contributed by atoms with E-state index in [1.54, 1.807) is 12.1 Å². The van der Waals surface area contributed by atoms with Crippen LogP contribution in [0.1, 0.15) is 30.6 Å². The van der Waals surface area contributed by atoms with E-state index in [0.717, 1.165) is 6.42 Å². The highest BCUT2D eigenvalue weighted by atomic mass is 19.1. The Hall–Kier alpha value is -1.62. The van der Waals surface area contributed by atoms with E-state index >= 15 is 0 Å². The number of ether oxygens (including phenoxy) is 1. The van der Waals surface area contributed by atoms with Crippen LogP contribution < -0.4 is 10.6 Å². The van der Waals surface area contributed by atoms with Crippen molar-refractivity contribution in [2.24, 2.45) is 0 Å². The fraction of sp³-hybridized carbons (Fsp3) is 0.500. The Morgan fingerprint density at radius 2 is 2.32 bits per heavy atom. The molecule has 0 spiro atoms. The van der Waals surface area contributed by atoms with Crippen molar-refractivity contribution in [3.8, 4) is 0 Å². The molecule has 1 saturated heterocycles. The van der Waals surface area contributed by atoms with Gasteiger partial charge in [0, 0.05) is 13.2 Å². The van der Waals surface area contributed by atoms with Crippen LogP contribution in [0.3, 0.4) is 0 Å². The summed E-state index contributed by atoms with van der Waals surface area (Å²) in [7, 11) is 0. The highest BCUT2D eigenvalue weighted by Crippen LogP contribution is 2.21. The molecule has 2 N–H and O–H groups in total. The third-order valence-electron chi connectivity index (χ3n) is 3.30. The lowest BCUT2D eigenvalue weighted by atomic mass is 10.1. The molecule has 1 fully saturated rings. The van der Waals surface area contributed by atoms with Crippen molar-refractivity contribution in [1.82, 2.24) is 5.32 Å². The largest absolute Gasteiger partial charge is 0.382 e. The van der Waals surface area contributed by atoms with E-state index < -0.39 is 5.82 Å². The standard InChI is InChI=1S/C14H19FN2O2/c1-3-16-13-10(5-4-6-11(13)15)14(18)17-12-7-8-19-9(12)2/h4-6,9,12,16H,3,7-8H2,1-2H3,(H,17,18). The maximum Gasteiger partial charge on any atom is 0.253 e. The van der Waals surface area contributed by atoms with Crippen molar-refractivity contribution in [3.63, 3.8) is 0 Å². The Kier molecular flexibility index (Phi) is 4.37. The molecule has 2 unspecified atom stereocenters. The van der Waals surface area contributed by atoms with Crippen LogP contribution in [0.2, 0.25) is 0 Å². The fourth-order valence-corrected chi connectivity index (χ4v) is 2.24. The molecule has 1 heterocycles. The molecule has 0 saturated carbocycles. The van der Waals surface area contributed by atoms with Crippen LogP contribution in [0.4, 0.5) is 10.1 Å². The highest BCUT2D eigenvalue weighted by Gasteiger charge is 2.27. The number of benzene rings is 1. The van der Waals surface area contributed by atoms with Gasteiger partial charge in [-0.1, -0.05) is 6.07 Å². The van der Waals surface area contributed by atoms with Crippen LogP contribution in [-0.4, -0.2) is 31.2 Å².